The van der Waals surface area contributed by atoms with Crippen molar-refractivity contribution in [3.63, 3.8) is 0 Å². The van der Waals surface area contributed by atoms with Gasteiger partial charge in [-0.1, -0.05) is 26.0 Å². The Morgan fingerprint density at radius 3 is 2.94 bits per heavy atom. The number of nitrogens with two attached hydrogens (primary N) is 1. The summed E-state index contributed by atoms with van der Waals surface area (Å²) in [5.41, 5.74) is 6.99. The van der Waals surface area contributed by atoms with E-state index in [0.29, 0.717) is 11.8 Å². The van der Waals surface area contributed by atoms with Crippen LogP contribution in [0.15, 0.2) is 36.2 Å². The third-order valence-corrected chi connectivity index (χ3v) is 3.27. The number of hydrogen-bond donors (Lipinski definition) is 2. The Hall–Kier alpha value is -1.64. The molecule has 0 unspecified atom stereocenters. The van der Waals surface area contributed by atoms with Crippen molar-refractivity contribution in [2.45, 2.75) is 26.2 Å². The van der Waals surface area contributed by atoms with Gasteiger partial charge < -0.3 is 15.8 Å². The van der Waals surface area contributed by atoms with Crippen molar-refractivity contribution < 1.29 is 4.74 Å². The van der Waals surface area contributed by atoms with Gasteiger partial charge in [-0.15, -0.1) is 0 Å². The van der Waals surface area contributed by atoms with Gasteiger partial charge in [0, 0.05) is 12.5 Å². The number of ether oxygens (including phenoxy) is 1. The minimum atomic E-state index is 0.498. The Morgan fingerprint density at radius 1 is 1.44 bits per heavy atom. The van der Waals surface area contributed by atoms with Gasteiger partial charge >= 0.3 is 0 Å². The van der Waals surface area contributed by atoms with Crippen LogP contribution in [0.4, 0.5) is 0 Å². The molecule has 1 atom stereocenters. The monoisotopic (exact) mass is 246 g/mol. The van der Waals surface area contributed by atoms with Gasteiger partial charge in [0.2, 0.25) is 0 Å². The highest BCUT2D eigenvalue weighted by Gasteiger charge is 2.12. The van der Waals surface area contributed by atoms with Gasteiger partial charge in [0.15, 0.2) is 0 Å². The number of hydrogen-bond acceptors (Lipinski definition) is 3. The van der Waals surface area contributed by atoms with Crippen LogP contribution in [0.5, 0.6) is 5.75 Å². The van der Waals surface area contributed by atoms with Crippen molar-refractivity contribution in [3.05, 3.63) is 41.7 Å². The summed E-state index contributed by atoms with van der Waals surface area (Å²) in [4.78, 5) is 0. The highest BCUT2D eigenvalue weighted by atomic mass is 16.5. The molecule has 0 bridgehead atoms. The molecule has 1 aromatic carbocycles. The molecule has 3 N–H and O–H groups in total. The molecule has 0 aromatic heterocycles. The SMILES string of the molecule is CC(C)c1cccc(OCC[C@H]2C=C(N)NC2)c1. The van der Waals surface area contributed by atoms with Crippen molar-refractivity contribution in [1.82, 2.24) is 5.32 Å². The maximum Gasteiger partial charge on any atom is 0.119 e. The molecule has 0 fully saturated rings. The molecule has 1 heterocycles. The lowest BCUT2D eigenvalue weighted by Crippen LogP contribution is -2.17. The van der Waals surface area contributed by atoms with E-state index in [0.717, 1.165) is 31.1 Å². The van der Waals surface area contributed by atoms with E-state index in [1.807, 2.05) is 6.07 Å². The summed E-state index contributed by atoms with van der Waals surface area (Å²) in [6.07, 6.45) is 3.08. The second-order valence-electron chi connectivity index (χ2n) is 5.13. The van der Waals surface area contributed by atoms with Crippen LogP contribution in [0.25, 0.3) is 0 Å². The van der Waals surface area contributed by atoms with Gasteiger partial charge in [-0.25, -0.2) is 0 Å². The fraction of sp³-hybridized carbons (Fsp3) is 0.467. The quantitative estimate of drug-likeness (QED) is 0.839. The summed E-state index contributed by atoms with van der Waals surface area (Å²) in [5, 5.41) is 3.13. The summed E-state index contributed by atoms with van der Waals surface area (Å²) in [5.74, 6) is 2.79. The van der Waals surface area contributed by atoms with Gasteiger partial charge in [-0.05, 0) is 36.1 Å². The standard InChI is InChI=1S/C15H22N2O/c1-11(2)13-4-3-5-14(9-13)18-7-6-12-8-15(16)17-10-12/h3-5,8-9,11-12,17H,6-7,10,16H2,1-2H3/t12-/m0/s1. The first-order valence-electron chi connectivity index (χ1n) is 6.59. The Labute approximate surface area is 109 Å². The van der Waals surface area contributed by atoms with Crippen LogP contribution >= 0.6 is 0 Å². The zero-order chi connectivity index (χ0) is 13.0. The third kappa shape index (κ3) is 3.42. The lowest BCUT2D eigenvalue weighted by molar-refractivity contribution is 0.293. The predicted octanol–water partition coefficient (Wildman–Crippen LogP) is 2.60. The molecule has 3 heteroatoms. The largest absolute Gasteiger partial charge is 0.494 e. The molecule has 1 aliphatic heterocycles. The average Bonchev–Trinajstić information content (AvgIpc) is 2.75. The van der Waals surface area contributed by atoms with E-state index in [2.05, 4.69) is 43.4 Å². The maximum atomic E-state index is 5.80. The van der Waals surface area contributed by atoms with Crippen molar-refractivity contribution in [2.75, 3.05) is 13.2 Å². The Kier molecular flexibility index (Phi) is 4.13. The molecule has 0 saturated carbocycles. The minimum Gasteiger partial charge on any atom is -0.494 e. The molecular formula is C15H22N2O. The minimum absolute atomic E-state index is 0.498. The fourth-order valence-electron chi connectivity index (χ4n) is 2.10. The highest BCUT2D eigenvalue weighted by molar-refractivity contribution is 5.30. The Bertz CT molecular complexity index is 426. The van der Waals surface area contributed by atoms with E-state index in [1.54, 1.807) is 0 Å². The van der Waals surface area contributed by atoms with Crippen LogP contribution in [0.2, 0.25) is 0 Å². The molecule has 98 valence electrons. The van der Waals surface area contributed by atoms with Gasteiger partial charge in [-0.3, -0.25) is 0 Å². The van der Waals surface area contributed by atoms with Crippen molar-refractivity contribution in [3.8, 4) is 5.75 Å². The van der Waals surface area contributed by atoms with Crippen LogP contribution < -0.4 is 15.8 Å². The van der Waals surface area contributed by atoms with E-state index in [1.165, 1.54) is 5.56 Å². The smallest absolute Gasteiger partial charge is 0.119 e. The van der Waals surface area contributed by atoms with Crippen LogP contribution in [0, 0.1) is 5.92 Å². The third-order valence-electron chi connectivity index (χ3n) is 3.27. The molecule has 0 amide bonds. The van der Waals surface area contributed by atoms with Crippen LogP contribution in [-0.2, 0) is 0 Å². The second-order valence-corrected chi connectivity index (χ2v) is 5.13. The molecule has 1 aliphatic rings. The van der Waals surface area contributed by atoms with E-state index >= 15 is 0 Å². The summed E-state index contributed by atoms with van der Waals surface area (Å²) >= 11 is 0. The molecule has 3 nitrogen and oxygen atoms in total. The van der Waals surface area contributed by atoms with Crippen molar-refractivity contribution >= 4 is 0 Å². The Balaban J connectivity index is 1.81. The number of nitrogens with one attached hydrogen (secondary N) is 1. The maximum absolute atomic E-state index is 5.80. The molecule has 0 radical (unpaired) electrons. The predicted molar refractivity (Wildman–Crippen MR) is 74.4 cm³/mol. The van der Waals surface area contributed by atoms with Gasteiger partial charge in [0.05, 0.1) is 12.4 Å². The lowest BCUT2D eigenvalue weighted by Gasteiger charge is -2.11. The number of benzene rings is 1. The average molecular weight is 246 g/mol. The first kappa shape index (κ1) is 12.8. The van der Waals surface area contributed by atoms with E-state index < -0.39 is 0 Å². The number of rotatable bonds is 5. The van der Waals surface area contributed by atoms with Gasteiger partial charge in [0.1, 0.15) is 5.75 Å². The molecule has 0 saturated heterocycles. The van der Waals surface area contributed by atoms with E-state index in [4.69, 9.17) is 10.5 Å². The zero-order valence-electron chi connectivity index (χ0n) is 11.1. The first-order chi connectivity index (χ1) is 8.65. The van der Waals surface area contributed by atoms with E-state index in [9.17, 15) is 0 Å². The van der Waals surface area contributed by atoms with Crippen LogP contribution in [0.1, 0.15) is 31.7 Å². The normalized spacial score (nSPS) is 18.6. The Morgan fingerprint density at radius 2 is 2.28 bits per heavy atom. The van der Waals surface area contributed by atoms with Gasteiger partial charge in [0.25, 0.3) is 0 Å². The molecular weight excluding hydrogens is 224 g/mol. The van der Waals surface area contributed by atoms with E-state index in [-0.39, 0.29) is 0 Å². The molecule has 0 aliphatic carbocycles. The zero-order valence-corrected chi connectivity index (χ0v) is 11.1. The first-order valence-corrected chi connectivity index (χ1v) is 6.59. The fourth-order valence-corrected chi connectivity index (χ4v) is 2.10. The molecule has 18 heavy (non-hydrogen) atoms. The molecule has 0 spiro atoms. The lowest BCUT2D eigenvalue weighted by atomic mass is 10.0. The summed E-state index contributed by atoms with van der Waals surface area (Å²) < 4.78 is 5.80. The molecule has 1 aromatic rings. The highest BCUT2D eigenvalue weighted by Crippen LogP contribution is 2.20. The summed E-state index contributed by atoms with van der Waals surface area (Å²) in [7, 11) is 0. The summed E-state index contributed by atoms with van der Waals surface area (Å²) in [6, 6.07) is 8.34. The summed E-state index contributed by atoms with van der Waals surface area (Å²) in [6.45, 7) is 6.05. The molecule has 2 rings (SSSR count). The van der Waals surface area contributed by atoms with Crippen molar-refractivity contribution in [1.29, 1.82) is 0 Å². The van der Waals surface area contributed by atoms with Crippen LogP contribution in [0.3, 0.4) is 0 Å². The van der Waals surface area contributed by atoms with Gasteiger partial charge in [-0.2, -0.15) is 0 Å². The van der Waals surface area contributed by atoms with Crippen LogP contribution in [-0.4, -0.2) is 13.2 Å². The van der Waals surface area contributed by atoms with Crippen molar-refractivity contribution in [2.24, 2.45) is 11.7 Å². The second kappa shape index (κ2) is 5.80. The topological polar surface area (TPSA) is 47.3 Å².